The van der Waals surface area contributed by atoms with Gasteiger partial charge in [0.15, 0.2) is 0 Å². The summed E-state index contributed by atoms with van der Waals surface area (Å²) in [7, 11) is 3.12. The highest BCUT2D eigenvalue weighted by molar-refractivity contribution is 7.07. The lowest BCUT2D eigenvalue weighted by Gasteiger charge is -2.12. The first-order valence-corrected chi connectivity index (χ1v) is 8.77. The van der Waals surface area contributed by atoms with E-state index < -0.39 is 0 Å². The monoisotopic (exact) mass is 370 g/mol. The van der Waals surface area contributed by atoms with Crippen LogP contribution < -0.4 is 19.5 Å². The maximum absolute atomic E-state index is 12.4. The highest BCUT2D eigenvalue weighted by Crippen LogP contribution is 2.29. The zero-order valence-electron chi connectivity index (χ0n) is 14.4. The van der Waals surface area contributed by atoms with Crippen LogP contribution in [0.2, 0.25) is 0 Å². The fourth-order valence-electron chi connectivity index (χ4n) is 2.26. The molecule has 3 aromatic rings. The number of benzene rings is 2. The van der Waals surface area contributed by atoms with Crippen molar-refractivity contribution in [2.45, 2.75) is 6.61 Å². The van der Waals surface area contributed by atoms with Gasteiger partial charge in [0, 0.05) is 17.0 Å². The summed E-state index contributed by atoms with van der Waals surface area (Å²) in [4.78, 5) is 16.6. The Kier molecular flexibility index (Phi) is 5.70. The summed E-state index contributed by atoms with van der Waals surface area (Å²) in [5.41, 5.74) is 3.73. The predicted molar refractivity (Wildman–Crippen MR) is 100 cm³/mol. The molecule has 0 aliphatic heterocycles. The van der Waals surface area contributed by atoms with E-state index in [4.69, 9.17) is 14.2 Å². The number of nitrogens with one attached hydrogen (secondary N) is 1. The van der Waals surface area contributed by atoms with E-state index in [1.165, 1.54) is 11.3 Å². The Hall–Kier alpha value is -3.06. The van der Waals surface area contributed by atoms with Gasteiger partial charge in [-0.25, -0.2) is 4.98 Å². The molecule has 134 valence electrons. The van der Waals surface area contributed by atoms with Gasteiger partial charge >= 0.3 is 0 Å². The Morgan fingerprint density at radius 1 is 1.08 bits per heavy atom. The second-order valence-corrected chi connectivity index (χ2v) is 6.03. The lowest BCUT2D eigenvalue weighted by Crippen LogP contribution is -2.12. The molecule has 0 unspecified atom stereocenters. The van der Waals surface area contributed by atoms with E-state index in [9.17, 15) is 4.79 Å². The van der Waals surface area contributed by atoms with E-state index in [0.717, 1.165) is 5.69 Å². The van der Waals surface area contributed by atoms with Crippen molar-refractivity contribution in [1.82, 2.24) is 4.98 Å². The van der Waals surface area contributed by atoms with Crippen LogP contribution in [-0.4, -0.2) is 25.1 Å². The van der Waals surface area contributed by atoms with E-state index in [-0.39, 0.29) is 5.91 Å². The van der Waals surface area contributed by atoms with Gasteiger partial charge in [-0.3, -0.25) is 4.79 Å². The Balaban J connectivity index is 1.64. The molecule has 0 saturated heterocycles. The van der Waals surface area contributed by atoms with Crippen molar-refractivity contribution in [3.05, 3.63) is 64.6 Å². The smallest absolute Gasteiger partial charge is 0.255 e. The summed E-state index contributed by atoms with van der Waals surface area (Å²) in [5, 5.41) is 4.77. The van der Waals surface area contributed by atoms with Crippen molar-refractivity contribution in [3.63, 3.8) is 0 Å². The molecular formula is C19H18N2O4S. The normalized spacial score (nSPS) is 10.2. The molecule has 26 heavy (non-hydrogen) atoms. The van der Waals surface area contributed by atoms with Gasteiger partial charge in [0.1, 0.15) is 23.9 Å². The SMILES string of the molecule is COc1ccc(NC(=O)c2ccc(OCc3cscn3)cc2)c(OC)c1. The maximum Gasteiger partial charge on any atom is 0.255 e. The number of hydrogen-bond acceptors (Lipinski definition) is 6. The quantitative estimate of drug-likeness (QED) is 0.681. The minimum Gasteiger partial charge on any atom is -0.497 e. The molecule has 0 saturated carbocycles. The van der Waals surface area contributed by atoms with Crippen LogP contribution in [0.5, 0.6) is 17.2 Å². The highest BCUT2D eigenvalue weighted by atomic mass is 32.1. The fourth-order valence-corrected chi connectivity index (χ4v) is 2.81. The first kappa shape index (κ1) is 17.8. The van der Waals surface area contributed by atoms with Crippen LogP contribution >= 0.6 is 11.3 Å². The lowest BCUT2D eigenvalue weighted by atomic mass is 10.2. The molecule has 0 radical (unpaired) electrons. The summed E-state index contributed by atoms with van der Waals surface area (Å²) in [6, 6.07) is 12.1. The third-order valence-corrected chi connectivity index (χ3v) is 4.28. The molecule has 0 atom stereocenters. The van der Waals surface area contributed by atoms with E-state index in [1.54, 1.807) is 62.2 Å². The molecule has 1 amide bonds. The van der Waals surface area contributed by atoms with Crippen LogP contribution in [0.25, 0.3) is 0 Å². The Morgan fingerprint density at radius 2 is 1.85 bits per heavy atom. The number of nitrogens with zero attached hydrogens (tertiary/aromatic N) is 1. The number of rotatable bonds is 7. The number of carbonyl (C=O) groups excluding carboxylic acids is 1. The molecule has 1 heterocycles. The molecule has 0 spiro atoms. The Bertz CT molecular complexity index is 864. The first-order valence-electron chi connectivity index (χ1n) is 7.83. The molecule has 0 fully saturated rings. The van der Waals surface area contributed by atoms with Crippen LogP contribution in [0.15, 0.2) is 53.4 Å². The summed E-state index contributed by atoms with van der Waals surface area (Å²) in [5.74, 6) is 1.62. The number of carbonyl (C=O) groups is 1. The summed E-state index contributed by atoms with van der Waals surface area (Å²) >= 11 is 1.53. The van der Waals surface area contributed by atoms with Crippen LogP contribution in [0.1, 0.15) is 16.1 Å². The third-order valence-electron chi connectivity index (χ3n) is 3.64. The molecule has 6 nitrogen and oxygen atoms in total. The average Bonchev–Trinajstić information content (AvgIpc) is 3.20. The van der Waals surface area contributed by atoms with Gasteiger partial charge < -0.3 is 19.5 Å². The molecule has 3 rings (SSSR count). The van der Waals surface area contributed by atoms with Crippen LogP contribution in [0, 0.1) is 0 Å². The van der Waals surface area contributed by atoms with Crippen LogP contribution in [0.4, 0.5) is 5.69 Å². The molecule has 7 heteroatoms. The van der Waals surface area contributed by atoms with Gasteiger partial charge in [-0.15, -0.1) is 11.3 Å². The number of hydrogen-bond donors (Lipinski definition) is 1. The Labute approximate surface area is 155 Å². The fraction of sp³-hybridized carbons (Fsp3) is 0.158. The average molecular weight is 370 g/mol. The lowest BCUT2D eigenvalue weighted by molar-refractivity contribution is 0.102. The molecule has 1 N–H and O–H groups in total. The van der Waals surface area contributed by atoms with Crippen molar-refractivity contribution in [3.8, 4) is 17.2 Å². The standard InChI is InChI=1S/C19H18N2O4S/c1-23-16-7-8-17(18(9-16)24-2)21-19(22)13-3-5-15(6-4-13)25-10-14-11-26-12-20-14/h3-9,11-12H,10H2,1-2H3,(H,21,22). The minimum absolute atomic E-state index is 0.237. The van der Waals surface area contributed by atoms with Crippen molar-refractivity contribution in [1.29, 1.82) is 0 Å². The summed E-state index contributed by atoms with van der Waals surface area (Å²) in [6.45, 7) is 0.401. The van der Waals surface area contributed by atoms with E-state index in [2.05, 4.69) is 10.3 Å². The van der Waals surface area contributed by atoms with Gasteiger partial charge in [0.05, 0.1) is 31.1 Å². The largest absolute Gasteiger partial charge is 0.497 e. The van der Waals surface area contributed by atoms with Crippen molar-refractivity contribution in [2.75, 3.05) is 19.5 Å². The summed E-state index contributed by atoms with van der Waals surface area (Å²) in [6.07, 6.45) is 0. The molecule has 0 aliphatic carbocycles. The van der Waals surface area contributed by atoms with Crippen LogP contribution in [-0.2, 0) is 6.61 Å². The van der Waals surface area contributed by atoms with E-state index in [0.29, 0.717) is 35.1 Å². The topological polar surface area (TPSA) is 69.7 Å². The second kappa shape index (κ2) is 8.35. The van der Waals surface area contributed by atoms with Gasteiger partial charge in [-0.05, 0) is 36.4 Å². The molecule has 1 aromatic heterocycles. The molecule has 0 bridgehead atoms. The second-order valence-electron chi connectivity index (χ2n) is 5.31. The van der Waals surface area contributed by atoms with Crippen LogP contribution in [0.3, 0.4) is 0 Å². The zero-order valence-corrected chi connectivity index (χ0v) is 15.2. The number of amides is 1. The predicted octanol–water partition coefficient (Wildman–Crippen LogP) is 3.99. The number of anilines is 1. The first-order chi connectivity index (χ1) is 12.7. The molecular weight excluding hydrogens is 352 g/mol. The van der Waals surface area contributed by atoms with Gasteiger partial charge in [0.2, 0.25) is 0 Å². The third kappa shape index (κ3) is 4.31. The number of aromatic nitrogens is 1. The van der Waals surface area contributed by atoms with E-state index >= 15 is 0 Å². The number of thiazole rings is 1. The highest BCUT2D eigenvalue weighted by Gasteiger charge is 2.11. The maximum atomic E-state index is 12.4. The van der Waals surface area contributed by atoms with Gasteiger partial charge in [0.25, 0.3) is 5.91 Å². The van der Waals surface area contributed by atoms with E-state index in [1.807, 2.05) is 5.38 Å². The Morgan fingerprint density at radius 3 is 2.50 bits per heavy atom. The molecule has 2 aromatic carbocycles. The van der Waals surface area contributed by atoms with Gasteiger partial charge in [-0.2, -0.15) is 0 Å². The van der Waals surface area contributed by atoms with Crippen molar-refractivity contribution >= 4 is 22.9 Å². The molecule has 0 aliphatic rings. The number of ether oxygens (including phenoxy) is 3. The number of methoxy groups -OCH3 is 2. The van der Waals surface area contributed by atoms with Crippen molar-refractivity contribution in [2.24, 2.45) is 0 Å². The minimum atomic E-state index is -0.237. The summed E-state index contributed by atoms with van der Waals surface area (Å²) < 4.78 is 16.1. The van der Waals surface area contributed by atoms with Crippen molar-refractivity contribution < 1.29 is 19.0 Å². The van der Waals surface area contributed by atoms with Gasteiger partial charge in [-0.1, -0.05) is 0 Å². The zero-order chi connectivity index (χ0) is 18.4.